The van der Waals surface area contributed by atoms with Gasteiger partial charge < -0.3 is 36.7 Å². The molecule has 41 heavy (non-hydrogen) atoms. The molecule has 0 fully saturated rings. The van der Waals surface area contributed by atoms with Crippen LogP contribution in [0.4, 0.5) is 12.9 Å². The molecule has 0 amide bonds. The molecule has 0 N–H and O–H groups in total. The Labute approximate surface area is 270 Å². The molecule has 2 aliphatic heterocycles. The van der Waals surface area contributed by atoms with E-state index in [2.05, 4.69) is 86.2 Å². The van der Waals surface area contributed by atoms with Crippen LogP contribution in [0.25, 0.3) is 0 Å². The van der Waals surface area contributed by atoms with Crippen molar-refractivity contribution in [3.05, 3.63) is 24.8 Å². The van der Waals surface area contributed by atoms with Gasteiger partial charge in [0.25, 0.3) is 0 Å². The van der Waals surface area contributed by atoms with Crippen molar-refractivity contribution in [1.29, 1.82) is 0 Å². The predicted molar refractivity (Wildman–Crippen MR) is 180 cm³/mol. The number of rotatable bonds is 12. The average Bonchev–Trinajstić information content (AvgIpc) is 3.43. The molecule has 2 aliphatic rings. The third kappa shape index (κ3) is 55.9. The van der Waals surface area contributed by atoms with Crippen molar-refractivity contribution >= 4 is 30.9 Å². The number of nitrogens with zero attached hydrogens (tertiary/aromatic N) is 4. The summed E-state index contributed by atoms with van der Waals surface area (Å²) in [7, 11) is 0.561. The summed E-state index contributed by atoms with van der Waals surface area (Å²) in [6.45, 7) is 15.3. The van der Waals surface area contributed by atoms with Crippen molar-refractivity contribution in [2.45, 2.75) is 108 Å². The Hall–Kier alpha value is -0.605. The van der Waals surface area contributed by atoms with E-state index in [1.54, 1.807) is 0 Å². The van der Waals surface area contributed by atoms with E-state index in [-0.39, 0.29) is 39.4 Å². The van der Waals surface area contributed by atoms with Gasteiger partial charge in [-0.3, -0.25) is 12.9 Å². The van der Waals surface area contributed by atoms with Gasteiger partial charge in [0.05, 0.1) is 13.3 Å². The average molecular weight is 662 g/mol. The maximum atomic E-state index is 9.67. The van der Waals surface area contributed by atoms with Crippen LogP contribution in [0.5, 0.6) is 0 Å². The second-order valence-electron chi connectivity index (χ2n) is 8.44. The van der Waals surface area contributed by atoms with Crippen molar-refractivity contribution in [1.82, 2.24) is 19.6 Å². The number of halogens is 6. The Kier molecular flexibility index (Phi) is 71.5. The van der Waals surface area contributed by atoms with Gasteiger partial charge in [0.2, 0.25) is 0 Å². The molecule has 256 valence electrons. The summed E-state index contributed by atoms with van der Waals surface area (Å²) >= 11 is 6.96. The molecule has 0 unspecified atom stereocenters. The first-order valence-electron chi connectivity index (χ1n) is 13.5. The highest BCUT2D eigenvalue weighted by Crippen LogP contribution is 2.08. The Morgan fingerprint density at radius 3 is 1.12 bits per heavy atom. The lowest BCUT2D eigenvalue weighted by Crippen LogP contribution is -3.00. The molecule has 0 spiro atoms. The summed E-state index contributed by atoms with van der Waals surface area (Å²) in [4.78, 5) is 9.16. The first-order valence-corrected chi connectivity index (χ1v) is 15.2. The van der Waals surface area contributed by atoms with Gasteiger partial charge in [-0.1, -0.05) is 95.4 Å². The molecule has 0 radical (unpaired) electrons. The van der Waals surface area contributed by atoms with Gasteiger partial charge in [0.1, 0.15) is 0 Å². The van der Waals surface area contributed by atoms with Crippen molar-refractivity contribution in [3.63, 3.8) is 0 Å². The summed E-state index contributed by atoms with van der Waals surface area (Å²) in [5.41, 5.74) is 0. The molecule has 2 rings (SSSR count). The number of hydrogen-bond donors (Lipinski definition) is 0. The lowest BCUT2D eigenvalue weighted by atomic mass is 10.2. The normalized spacial score (nSPS) is 11.6. The Morgan fingerprint density at radius 1 is 0.659 bits per heavy atom. The van der Waals surface area contributed by atoms with Gasteiger partial charge in [0.15, 0.2) is 0 Å². The van der Waals surface area contributed by atoms with Crippen LogP contribution in [0.1, 0.15) is 108 Å². The molecular formula is C29H67BCl2F4N4S-2. The van der Waals surface area contributed by atoms with Gasteiger partial charge in [-0.25, -0.2) is 0 Å². The minimum Gasteiger partial charge on any atom is -1.00 e. The quantitative estimate of drug-likeness (QED) is 0.134. The van der Waals surface area contributed by atoms with Gasteiger partial charge in [-0.15, -0.1) is 11.6 Å². The van der Waals surface area contributed by atoms with E-state index in [0.29, 0.717) is 0 Å². The first kappa shape index (κ1) is 59.7. The fourth-order valence-corrected chi connectivity index (χ4v) is 3.56. The highest BCUT2D eigenvalue weighted by Gasteiger charge is 2.07. The van der Waals surface area contributed by atoms with Crippen LogP contribution in [0.3, 0.4) is 0 Å². The largest absolute Gasteiger partial charge is 1.00 e. The molecule has 0 saturated carbocycles. The lowest BCUT2D eigenvalue weighted by Gasteiger charge is -2.17. The van der Waals surface area contributed by atoms with Crippen LogP contribution < -0.4 is 17.1 Å². The van der Waals surface area contributed by atoms with E-state index in [4.69, 9.17) is 11.6 Å². The summed E-state index contributed by atoms with van der Waals surface area (Å²) in [6, 6.07) is 0. The van der Waals surface area contributed by atoms with Crippen molar-refractivity contribution in [2.24, 2.45) is 0 Å². The minimum atomic E-state index is -3.67. The molecule has 0 saturated heterocycles. The molecule has 0 aliphatic carbocycles. The summed E-state index contributed by atoms with van der Waals surface area (Å²) < 4.78 is 29.0. The summed E-state index contributed by atoms with van der Waals surface area (Å²) in [6.07, 6.45) is 19.5. The van der Waals surface area contributed by atoms with Crippen molar-refractivity contribution in [2.75, 3.05) is 57.9 Å². The summed E-state index contributed by atoms with van der Waals surface area (Å²) in [5.74, 6) is 3.24. The molecular weight excluding hydrogens is 594 g/mol. The van der Waals surface area contributed by atoms with Crippen LogP contribution in [-0.4, -0.2) is 85.1 Å². The molecule has 4 nitrogen and oxygen atoms in total. The van der Waals surface area contributed by atoms with E-state index >= 15 is 0 Å². The molecule has 0 aromatic rings. The standard InChI is InChI=1S/2C10H20N2.C4H10S.C2H5Cl.3CH4.BF3.ClH.FH/c2*1-3-4-5-6-7-12-9-8-11(2)10-12;1-3-5-4-2;1-2-3;;;;2-1(3)4;;/h2*8-9H,3-7,10H2,1-2H3;3-4H2,1-2H3;2H2,1H3;3*1H4;;2*1H/p-2. The van der Waals surface area contributed by atoms with Crippen molar-refractivity contribution in [3.8, 4) is 0 Å². The molecule has 0 atom stereocenters. The van der Waals surface area contributed by atoms with Gasteiger partial charge in [0, 0.05) is 57.9 Å². The number of hydrogen-bond acceptors (Lipinski definition) is 5. The molecule has 2 heterocycles. The maximum Gasteiger partial charge on any atom is 0.762 e. The molecule has 0 aromatic carbocycles. The molecule has 0 bridgehead atoms. The Bertz CT molecular complexity index is 451. The van der Waals surface area contributed by atoms with E-state index in [1.165, 1.54) is 76.0 Å². The van der Waals surface area contributed by atoms with Crippen LogP contribution in [0.2, 0.25) is 0 Å². The van der Waals surface area contributed by atoms with Gasteiger partial charge in [-0.05, 0) is 24.3 Å². The second-order valence-corrected chi connectivity index (χ2v) is 10.5. The van der Waals surface area contributed by atoms with Gasteiger partial charge >= 0.3 is 7.54 Å². The third-order valence-corrected chi connectivity index (χ3v) is 5.70. The van der Waals surface area contributed by atoms with E-state index in [1.807, 2.05) is 18.7 Å². The fourth-order valence-electron chi connectivity index (χ4n) is 3.16. The van der Waals surface area contributed by atoms with E-state index in [0.717, 1.165) is 19.2 Å². The minimum absolute atomic E-state index is 0. The highest BCUT2D eigenvalue weighted by atomic mass is 35.5. The maximum absolute atomic E-state index is 9.67. The zero-order chi connectivity index (χ0) is 28.0. The Morgan fingerprint density at radius 2 is 0.951 bits per heavy atom. The van der Waals surface area contributed by atoms with Gasteiger partial charge in [-0.2, -0.15) is 11.8 Å². The molecule has 12 heteroatoms. The fraction of sp³-hybridized carbons (Fsp3) is 0.862. The monoisotopic (exact) mass is 660 g/mol. The van der Waals surface area contributed by atoms with Crippen LogP contribution >= 0.6 is 23.4 Å². The SMILES string of the molecule is C.C.C.CCCCCCN1C=CN(C)C1.CCCCCCN1C=CN(C)C1.CCCl.CCSCC.FB(F)F.[Cl-].[F-]. The van der Waals surface area contributed by atoms with E-state index in [9.17, 15) is 12.9 Å². The second kappa shape index (κ2) is 49.1. The third-order valence-electron chi connectivity index (χ3n) is 4.88. The lowest BCUT2D eigenvalue weighted by molar-refractivity contribution is -0.001000. The van der Waals surface area contributed by atoms with Crippen LogP contribution in [0.15, 0.2) is 24.8 Å². The van der Waals surface area contributed by atoms with Crippen molar-refractivity contribution < 1.29 is 30.1 Å². The highest BCUT2D eigenvalue weighted by molar-refractivity contribution is 7.99. The van der Waals surface area contributed by atoms with Crippen LogP contribution in [0, 0.1) is 0 Å². The summed E-state index contributed by atoms with van der Waals surface area (Å²) in [5, 5.41) is 0. The topological polar surface area (TPSA) is 13.0 Å². The Balaban J connectivity index is -0.0000000590. The number of thioether (sulfide) groups is 1. The number of alkyl halides is 1. The first-order chi connectivity index (χ1) is 17.2. The smallest absolute Gasteiger partial charge is 0.762 e. The number of unbranched alkanes of at least 4 members (excludes halogenated alkanes) is 6. The zero-order valence-corrected chi connectivity index (χ0v) is 27.3. The predicted octanol–water partition coefficient (Wildman–Crippen LogP) is 4.29. The van der Waals surface area contributed by atoms with Crippen LogP contribution in [-0.2, 0) is 0 Å². The zero-order valence-electron chi connectivity index (χ0n) is 25.0. The molecule has 0 aromatic heterocycles. The van der Waals surface area contributed by atoms with E-state index < -0.39 is 7.54 Å².